The lowest BCUT2D eigenvalue weighted by molar-refractivity contribution is -0.122. The van der Waals surface area contributed by atoms with Crippen LogP contribution in [0.3, 0.4) is 0 Å². The zero-order valence-electron chi connectivity index (χ0n) is 8.60. The first-order chi connectivity index (χ1) is 7.27. The number of methoxy groups -OCH3 is 1. The maximum atomic E-state index is 11.3. The SMILES string of the molecule is COCC(=O)CN1CCSC1=NCC#N. The van der Waals surface area contributed by atoms with Crippen LogP contribution in [0.25, 0.3) is 0 Å². The number of aliphatic imine (C=N–C) groups is 1. The topological polar surface area (TPSA) is 65.7 Å². The number of nitrogens with zero attached hydrogens (tertiary/aromatic N) is 3. The third kappa shape index (κ3) is 3.90. The number of carbonyl (C=O) groups is 1. The van der Waals surface area contributed by atoms with Crippen LogP contribution in [0.1, 0.15) is 0 Å². The highest BCUT2D eigenvalue weighted by Crippen LogP contribution is 2.17. The van der Waals surface area contributed by atoms with Crippen molar-refractivity contribution >= 4 is 22.7 Å². The molecule has 6 heteroatoms. The number of hydrogen-bond donors (Lipinski definition) is 0. The Labute approximate surface area is 93.1 Å². The molecule has 0 spiro atoms. The van der Waals surface area contributed by atoms with Crippen molar-refractivity contribution in [3.63, 3.8) is 0 Å². The average Bonchev–Trinajstić information content (AvgIpc) is 2.63. The number of thioether (sulfide) groups is 1. The number of carbonyl (C=O) groups excluding carboxylic acids is 1. The van der Waals surface area contributed by atoms with E-state index in [9.17, 15) is 4.79 Å². The van der Waals surface area contributed by atoms with Crippen molar-refractivity contribution in [2.24, 2.45) is 4.99 Å². The normalized spacial score (nSPS) is 18.1. The van der Waals surface area contributed by atoms with E-state index in [1.54, 1.807) is 11.8 Å². The molecule has 0 aromatic heterocycles. The summed E-state index contributed by atoms with van der Waals surface area (Å²) in [5.74, 6) is 0.953. The van der Waals surface area contributed by atoms with E-state index in [0.29, 0.717) is 6.54 Å². The van der Waals surface area contributed by atoms with E-state index in [2.05, 4.69) is 4.99 Å². The van der Waals surface area contributed by atoms with Crippen LogP contribution in [0.5, 0.6) is 0 Å². The van der Waals surface area contributed by atoms with E-state index < -0.39 is 0 Å². The maximum absolute atomic E-state index is 11.3. The molecule has 0 bridgehead atoms. The molecule has 1 heterocycles. The summed E-state index contributed by atoms with van der Waals surface area (Å²) in [5.41, 5.74) is 0. The Morgan fingerprint density at radius 3 is 3.27 bits per heavy atom. The maximum Gasteiger partial charge on any atom is 0.177 e. The van der Waals surface area contributed by atoms with Gasteiger partial charge in [0, 0.05) is 19.4 Å². The van der Waals surface area contributed by atoms with E-state index in [-0.39, 0.29) is 18.9 Å². The molecule has 1 aliphatic heterocycles. The highest BCUT2D eigenvalue weighted by Gasteiger charge is 2.21. The van der Waals surface area contributed by atoms with Crippen LogP contribution in [-0.4, -0.2) is 55.0 Å². The summed E-state index contributed by atoms with van der Waals surface area (Å²) in [6.07, 6.45) is 0. The summed E-state index contributed by atoms with van der Waals surface area (Å²) < 4.78 is 4.76. The molecule has 0 aliphatic carbocycles. The number of Topliss-reactive ketones (excluding diaryl/α,β-unsaturated/α-hetero) is 1. The molecule has 0 amide bonds. The van der Waals surface area contributed by atoms with Gasteiger partial charge < -0.3 is 9.64 Å². The fourth-order valence-electron chi connectivity index (χ4n) is 1.25. The number of rotatable bonds is 5. The molecule has 0 aromatic carbocycles. The second-order valence-corrected chi connectivity index (χ2v) is 4.06. The van der Waals surface area contributed by atoms with Crippen LogP contribution in [0, 0.1) is 11.3 Å². The summed E-state index contributed by atoms with van der Waals surface area (Å²) in [5, 5.41) is 9.20. The third-order valence-corrected chi connectivity index (χ3v) is 2.85. The first kappa shape index (κ1) is 12.0. The Hall–Kier alpha value is -1.06. The molecule has 0 atom stereocenters. The minimum Gasteiger partial charge on any atom is -0.377 e. The second-order valence-electron chi connectivity index (χ2n) is 3.00. The van der Waals surface area contributed by atoms with Crippen LogP contribution >= 0.6 is 11.8 Å². The molecule has 0 saturated carbocycles. The van der Waals surface area contributed by atoms with Gasteiger partial charge in [0.15, 0.2) is 11.0 Å². The molecule has 0 N–H and O–H groups in total. The molecule has 5 nitrogen and oxygen atoms in total. The molecular formula is C9H13N3O2S. The number of ether oxygens (including phenoxy) is 1. The summed E-state index contributed by atoms with van der Waals surface area (Å²) in [6.45, 7) is 1.42. The number of amidine groups is 1. The Morgan fingerprint density at radius 2 is 2.60 bits per heavy atom. The largest absolute Gasteiger partial charge is 0.377 e. The van der Waals surface area contributed by atoms with Gasteiger partial charge in [-0.25, -0.2) is 4.99 Å². The van der Waals surface area contributed by atoms with Crippen LogP contribution in [0.4, 0.5) is 0 Å². The summed E-state index contributed by atoms with van der Waals surface area (Å²) in [4.78, 5) is 17.3. The molecular weight excluding hydrogens is 214 g/mol. The van der Waals surface area contributed by atoms with Crippen molar-refractivity contribution in [2.75, 3.05) is 39.1 Å². The van der Waals surface area contributed by atoms with Gasteiger partial charge in [0.25, 0.3) is 0 Å². The van der Waals surface area contributed by atoms with Crippen molar-refractivity contribution < 1.29 is 9.53 Å². The van der Waals surface area contributed by atoms with Crippen LogP contribution in [0.2, 0.25) is 0 Å². The first-order valence-electron chi connectivity index (χ1n) is 4.57. The number of hydrogen-bond acceptors (Lipinski definition) is 5. The van der Waals surface area contributed by atoms with E-state index >= 15 is 0 Å². The van der Waals surface area contributed by atoms with Crippen molar-refractivity contribution in [3.05, 3.63) is 0 Å². The lowest BCUT2D eigenvalue weighted by Gasteiger charge is -2.15. The van der Waals surface area contributed by atoms with Crippen molar-refractivity contribution in [3.8, 4) is 6.07 Å². The quantitative estimate of drug-likeness (QED) is 0.625. The summed E-state index contributed by atoms with van der Waals surface area (Å²) >= 11 is 1.58. The van der Waals surface area contributed by atoms with E-state index in [1.807, 2.05) is 11.0 Å². The van der Waals surface area contributed by atoms with Crippen LogP contribution in [-0.2, 0) is 9.53 Å². The molecule has 0 radical (unpaired) electrons. The molecule has 0 unspecified atom stereocenters. The van der Waals surface area contributed by atoms with E-state index in [1.165, 1.54) is 7.11 Å². The van der Waals surface area contributed by atoms with Gasteiger partial charge in [-0.1, -0.05) is 11.8 Å². The second kappa shape index (κ2) is 6.43. The first-order valence-corrected chi connectivity index (χ1v) is 5.56. The summed E-state index contributed by atoms with van der Waals surface area (Å²) in [6, 6.07) is 1.96. The molecule has 15 heavy (non-hydrogen) atoms. The summed E-state index contributed by atoms with van der Waals surface area (Å²) in [7, 11) is 1.50. The predicted octanol–water partition coefficient (Wildman–Crippen LogP) is 0.130. The van der Waals surface area contributed by atoms with Gasteiger partial charge in [0.2, 0.25) is 0 Å². The van der Waals surface area contributed by atoms with Crippen LogP contribution in [0.15, 0.2) is 4.99 Å². The lowest BCUT2D eigenvalue weighted by Crippen LogP contribution is -2.32. The van der Waals surface area contributed by atoms with Crippen LogP contribution < -0.4 is 0 Å². The molecule has 1 rings (SSSR count). The van der Waals surface area contributed by atoms with Crippen molar-refractivity contribution in [1.82, 2.24) is 4.90 Å². The Bertz CT molecular complexity index is 298. The standard InChI is InChI=1S/C9H13N3O2S/c1-14-7-8(13)6-12-4-5-15-9(12)11-3-2-10/h3-7H2,1H3. The van der Waals surface area contributed by atoms with Gasteiger partial charge in [0.05, 0.1) is 12.6 Å². The van der Waals surface area contributed by atoms with E-state index in [0.717, 1.165) is 17.5 Å². The van der Waals surface area contributed by atoms with Gasteiger partial charge in [-0.3, -0.25) is 4.79 Å². The minimum atomic E-state index is 0.0321. The fourth-order valence-corrected chi connectivity index (χ4v) is 2.24. The third-order valence-electron chi connectivity index (χ3n) is 1.82. The Kier molecular flexibility index (Phi) is 5.15. The minimum absolute atomic E-state index is 0.0321. The van der Waals surface area contributed by atoms with Gasteiger partial charge >= 0.3 is 0 Å². The van der Waals surface area contributed by atoms with E-state index in [4.69, 9.17) is 10.00 Å². The zero-order valence-corrected chi connectivity index (χ0v) is 9.42. The van der Waals surface area contributed by atoms with Crippen molar-refractivity contribution in [2.45, 2.75) is 0 Å². The molecule has 1 aliphatic rings. The smallest absolute Gasteiger partial charge is 0.177 e. The lowest BCUT2D eigenvalue weighted by atomic mass is 10.4. The zero-order chi connectivity index (χ0) is 11.1. The van der Waals surface area contributed by atoms with Gasteiger partial charge in [-0.05, 0) is 0 Å². The number of ketones is 1. The molecule has 0 aromatic rings. The fraction of sp³-hybridized carbons (Fsp3) is 0.667. The number of nitriles is 1. The van der Waals surface area contributed by atoms with Gasteiger partial charge in [-0.2, -0.15) is 5.26 Å². The molecule has 82 valence electrons. The van der Waals surface area contributed by atoms with Crippen molar-refractivity contribution in [1.29, 1.82) is 5.26 Å². The Balaban J connectivity index is 2.47. The monoisotopic (exact) mass is 227 g/mol. The molecule has 1 saturated heterocycles. The Morgan fingerprint density at radius 1 is 1.80 bits per heavy atom. The highest BCUT2D eigenvalue weighted by atomic mass is 32.2. The highest BCUT2D eigenvalue weighted by molar-refractivity contribution is 8.14. The van der Waals surface area contributed by atoms with Gasteiger partial charge in [-0.15, -0.1) is 0 Å². The molecule has 1 fully saturated rings. The average molecular weight is 227 g/mol. The predicted molar refractivity (Wildman–Crippen MR) is 58.8 cm³/mol. The van der Waals surface area contributed by atoms with Gasteiger partial charge in [0.1, 0.15) is 13.2 Å².